The van der Waals surface area contributed by atoms with Crippen molar-refractivity contribution < 1.29 is 22.4 Å². The average molecular weight is 544 g/mol. The minimum atomic E-state index is -4.15. The first-order chi connectivity index (χ1) is 17.6. The molecule has 0 spiro atoms. The molecule has 0 aliphatic heterocycles. The van der Waals surface area contributed by atoms with Crippen molar-refractivity contribution in [2.45, 2.75) is 36.2 Å². The highest BCUT2D eigenvalue weighted by atomic mass is 32.2. The lowest BCUT2D eigenvalue weighted by atomic mass is 10.1. The maximum atomic E-state index is 14.5. The Morgan fingerprint density at radius 1 is 1.00 bits per heavy atom. The zero-order valence-electron chi connectivity index (χ0n) is 21.1. The molecule has 3 rings (SSSR count). The van der Waals surface area contributed by atoms with Crippen LogP contribution in [0.25, 0.3) is 0 Å². The van der Waals surface area contributed by atoms with Gasteiger partial charge in [0, 0.05) is 24.1 Å². The first kappa shape index (κ1) is 28.2. The number of halogens is 1. The van der Waals surface area contributed by atoms with E-state index in [0.29, 0.717) is 5.69 Å². The lowest BCUT2D eigenvalue weighted by molar-refractivity contribution is -0.139. The van der Waals surface area contributed by atoms with Crippen molar-refractivity contribution in [2.24, 2.45) is 0 Å². The van der Waals surface area contributed by atoms with Gasteiger partial charge in [0.15, 0.2) is 0 Å². The molecule has 1 atom stereocenters. The highest BCUT2D eigenvalue weighted by molar-refractivity contribution is 7.98. The van der Waals surface area contributed by atoms with E-state index in [0.717, 1.165) is 14.8 Å². The zero-order valence-corrected chi connectivity index (χ0v) is 22.8. The van der Waals surface area contributed by atoms with E-state index in [1.165, 1.54) is 61.0 Å². The molecule has 0 bridgehead atoms. The molecule has 0 aromatic heterocycles. The van der Waals surface area contributed by atoms with Gasteiger partial charge in [-0.3, -0.25) is 13.9 Å². The molecule has 0 radical (unpaired) electrons. The van der Waals surface area contributed by atoms with Crippen molar-refractivity contribution in [3.05, 3.63) is 89.7 Å². The van der Waals surface area contributed by atoms with Gasteiger partial charge in [-0.15, -0.1) is 11.8 Å². The van der Waals surface area contributed by atoms with Gasteiger partial charge in [0.1, 0.15) is 18.4 Å². The van der Waals surface area contributed by atoms with E-state index in [1.807, 2.05) is 13.2 Å². The van der Waals surface area contributed by atoms with Crippen molar-refractivity contribution in [1.29, 1.82) is 0 Å². The maximum absolute atomic E-state index is 14.5. The Labute approximate surface area is 221 Å². The summed E-state index contributed by atoms with van der Waals surface area (Å²) in [6.07, 6.45) is 1.89. The SMILES string of the molecule is CNC(=O)[C@H](C)N(Cc1ccccc1F)C(=O)CN(c1ccc(C)cc1)S(=O)(=O)c1ccc(SC)cc1. The molecule has 3 aromatic rings. The quantitative estimate of drug-likeness (QED) is 0.387. The van der Waals surface area contributed by atoms with E-state index >= 15 is 0 Å². The monoisotopic (exact) mass is 543 g/mol. The molecular weight excluding hydrogens is 513 g/mol. The Bertz CT molecular complexity index is 1350. The molecule has 196 valence electrons. The van der Waals surface area contributed by atoms with Crippen LogP contribution >= 0.6 is 11.8 Å². The fourth-order valence-corrected chi connectivity index (χ4v) is 5.54. The predicted molar refractivity (Wildman–Crippen MR) is 144 cm³/mol. The number of aryl methyl sites for hydroxylation is 1. The van der Waals surface area contributed by atoms with Crippen molar-refractivity contribution in [3.8, 4) is 0 Å². The molecule has 0 unspecified atom stereocenters. The van der Waals surface area contributed by atoms with Gasteiger partial charge in [0.2, 0.25) is 11.8 Å². The summed E-state index contributed by atoms with van der Waals surface area (Å²) >= 11 is 1.48. The van der Waals surface area contributed by atoms with Crippen LogP contribution < -0.4 is 9.62 Å². The third-order valence-corrected chi connectivity index (χ3v) is 8.49. The predicted octanol–water partition coefficient (Wildman–Crippen LogP) is 4.21. The summed E-state index contributed by atoms with van der Waals surface area (Å²) < 4.78 is 43.0. The van der Waals surface area contributed by atoms with Gasteiger partial charge in [-0.1, -0.05) is 35.9 Å². The normalized spacial score (nSPS) is 12.0. The molecule has 0 aliphatic rings. The van der Waals surface area contributed by atoms with Crippen LogP contribution in [0.15, 0.2) is 82.6 Å². The number of benzene rings is 3. The molecule has 2 amide bonds. The summed E-state index contributed by atoms with van der Waals surface area (Å²) in [5.74, 6) is -1.63. The highest BCUT2D eigenvalue weighted by Gasteiger charge is 2.32. The molecule has 0 heterocycles. The van der Waals surface area contributed by atoms with Gasteiger partial charge in [0.25, 0.3) is 10.0 Å². The van der Waals surface area contributed by atoms with E-state index < -0.39 is 40.2 Å². The molecule has 0 fully saturated rings. The fourth-order valence-electron chi connectivity index (χ4n) is 3.72. The number of sulfonamides is 1. The van der Waals surface area contributed by atoms with Crippen LogP contribution in [0.5, 0.6) is 0 Å². The van der Waals surface area contributed by atoms with Crippen LogP contribution in [-0.2, 0) is 26.2 Å². The summed E-state index contributed by atoms with van der Waals surface area (Å²) in [6.45, 7) is 2.61. The fraction of sp³-hybridized carbons (Fsp3) is 0.259. The molecule has 0 saturated carbocycles. The van der Waals surface area contributed by atoms with Crippen LogP contribution in [0.1, 0.15) is 18.1 Å². The zero-order chi connectivity index (χ0) is 27.2. The Balaban J connectivity index is 2.03. The van der Waals surface area contributed by atoms with Crippen molar-refractivity contribution in [2.75, 3.05) is 24.2 Å². The van der Waals surface area contributed by atoms with Crippen molar-refractivity contribution in [1.82, 2.24) is 10.2 Å². The van der Waals surface area contributed by atoms with Gasteiger partial charge in [-0.05, 0) is 62.6 Å². The van der Waals surface area contributed by atoms with E-state index in [4.69, 9.17) is 0 Å². The number of rotatable bonds is 10. The van der Waals surface area contributed by atoms with E-state index in [9.17, 15) is 22.4 Å². The second kappa shape index (κ2) is 12.2. The number of hydrogen-bond donors (Lipinski definition) is 1. The molecule has 1 N–H and O–H groups in total. The second-order valence-electron chi connectivity index (χ2n) is 8.43. The third kappa shape index (κ3) is 6.69. The van der Waals surface area contributed by atoms with Gasteiger partial charge >= 0.3 is 0 Å². The van der Waals surface area contributed by atoms with Gasteiger partial charge in [-0.2, -0.15) is 0 Å². The summed E-state index contributed by atoms with van der Waals surface area (Å²) in [5, 5.41) is 2.50. The lowest BCUT2D eigenvalue weighted by Gasteiger charge is -2.32. The molecule has 0 aliphatic carbocycles. The minimum absolute atomic E-state index is 0.0266. The Morgan fingerprint density at radius 3 is 2.19 bits per heavy atom. The van der Waals surface area contributed by atoms with E-state index in [-0.39, 0.29) is 17.0 Å². The third-order valence-electron chi connectivity index (χ3n) is 5.96. The molecule has 3 aromatic carbocycles. The number of hydrogen-bond acceptors (Lipinski definition) is 5. The number of anilines is 1. The first-order valence-corrected chi connectivity index (χ1v) is 14.2. The molecule has 10 heteroatoms. The van der Waals surface area contributed by atoms with E-state index in [1.54, 1.807) is 42.5 Å². The number of carbonyl (C=O) groups is 2. The number of amides is 2. The van der Waals surface area contributed by atoms with Crippen molar-refractivity contribution >= 4 is 39.3 Å². The number of thioether (sulfide) groups is 1. The van der Waals surface area contributed by atoms with Crippen LogP contribution in [0.4, 0.5) is 10.1 Å². The standard InChI is InChI=1S/C27H30FN3O4S2/c1-19-9-11-22(12-10-19)31(37(34,35)24-15-13-23(36-4)14-16-24)18-26(32)30(20(2)27(33)29-3)17-21-7-5-6-8-25(21)28/h5-16,20H,17-18H2,1-4H3,(H,29,33)/t20-/m0/s1. The Kier molecular flexibility index (Phi) is 9.34. The van der Waals surface area contributed by atoms with Gasteiger partial charge in [-0.25, -0.2) is 12.8 Å². The molecule has 0 saturated heterocycles. The summed E-state index contributed by atoms with van der Waals surface area (Å²) in [5.41, 5.74) is 1.43. The average Bonchev–Trinajstić information content (AvgIpc) is 2.90. The smallest absolute Gasteiger partial charge is 0.264 e. The summed E-state index contributed by atoms with van der Waals surface area (Å²) in [6, 6.07) is 18.1. The molecule has 7 nitrogen and oxygen atoms in total. The summed E-state index contributed by atoms with van der Waals surface area (Å²) in [4.78, 5) is 28.2. The Morgan fingerprint density at radius 2 is 1.62 bits per heavy atom. The largest absolute Gasteiger partial charge is 0.357 e. The molecular formula is C27H30FN3O4S2. The highest BCUT2D eigenvalue weighted by Crippen LogP contribution is 2.26. The molecule has 37 heavy (non-hydrogen) atoms. The lowest BCUT2D eigenvalue weighted by Crippen LogP contribution is -2.50. The summed E-state index contributed by atoms with van der Waals surface area (Å²) in [7, 11) is -2.71. The minimum Gasteiger partial charge on any atom is -0.357 e. The van der Waals surface area contributed by atoms with Crippen LogP contribution in [0.3, 0.4) is 0 Å². The second-order valence-corrected chi connectivity index (χ2v) is 11.2. The number of carbonyl (C=O) groups excluding carboxylic acids is 2. The maximum Gasteiger partial charge on any atom is 0.264 e. The van der Waals surface area contributed by atoms with Crippen LogP contribution in [0.2, 0.25) is 0 Å². The Hall–Kier alpha value is -3.37. The number of nitrogens with zero attached hydrogens (tertiary/aromatic N) is 2. The van der Waals surface area contributed by atoms with E-state index in [2.05, 4.69) is 5.32 Å². The number of likely N-dealkylation sites (N-methyl/N-ethyl adjacent to an activating group) is 1. The first-order valence-electron chi connectivity index (χ1n) is 11.6. The van der Waals surface area contributed by atoms with Gasteiger partial charge in [0.05, 0.1) is 10.6 Å². The van der Waals surface area contributed by atoms with Crippen LogP contribution in [0, 0.1) is 12.7 Å². The van der Waals surface area contributed by atoms with Gasteiger partial charge < -0.3 is 10.2 Å². The van der Waals surface area contributed by atoms with Crippen molar-refractivity contribution in [3.63, 3.8) is 0 Å². The number of nitrogens with one attached hydrogen (secondary N) is 1. The van der Waals surface area contributed by atoms with Crippen LogP contribution in [-0.4, -0.2) is 51.0 Å². The topological polar surface area (TPSA) is 86.8 Å².